The standard InChI is InChI=1S/C23H24N6O/c1-17-15-21(27-20-9-2-4-13-25-20)28-23(26-17)19-8-3-5-14-29(19)22(30)11-10-18-7-6-12-24-16-18/h2,4,6-7,9-13,15-16,19H,3,5,8,14H2,1H3,(H,25,26,27,28)/b11-10+/t19-/m1/s1. The van der Waals surface area contributed by atoms with Gasteiger partial charge in [-0.1, -0.05) is 12.1 Å². The summed E-state index contributed by atoms with van der Waals surface area (Å²) in [6.45, 7) is 2.63. The van der Waals surface area contributed by atoms with Crippen molar-refractivity contribution in [2.24, 2.45) is 0 Å². The van der Waals surface area contributed by atoms with Gasteiger partial charge < -0.3 is 10.2 Å². The number of hydrogen-bond acceptors (Lipinski definition) is 6. The minimum absolute atomic E-state index is 0.0344. The van der Waals surface area contributed by atoms with E-state index in [1.807, 2.05) is 48.2 Å². The molecule has 4 heterocycles. The van der Waals surface area contributed by atoms with Crippen molar-refractivity contribution in [2.45, 2.75) is 32.2 Å². The van der Waals surface area contributed by atoms with Gasteiger partial charge in [0, 0.05) is 43.0 Å². The maximum absolute atomic E-state index is 13.0. The van der Waals surface area contributed by atoms with Crippen LogP contribution < -0.4 is 5.32 Å². The van der Waals surface area contributed by atoms with Crippen molar-refractivity contribution in [1.82, 2.24) is 24.8 Å². The van der Waals surface area contributed by atoms with Crippen LogP contribution in [-0.2, 0) is 4.79 Å². The van der Waals surface area contributed by atoms with E-state index < -0.39 is 0 Å². The van der Waals surface area contributed by atoms with E-state index in [1.54, 1.807) is 30.7 Å². The summed E-state index contributed by atoms with van der Waals surface area (Å²) in [4.78, 5) is 32.6. The highest BCUT2D eigenvalue weighted by atomic mass is 16.2. The topological polar surface area (TPSA) is 83.9 Å². The lowest BCUT2D eigenvalue weighted by Gasteiger charge is -2.34. The number of hydrogen-bond donors (Lipinski definition) is 1. The fraction of sp³-hybridized carbons (Fsp3) is 0.261. The Morgan fingerprint density at radius 3 is 2.87 bits per heavy atom. The number of nitrogens with zero attached hydrogens (tertiary/aromatic N) is 5. The molecular weight excluding hydrogens is 376 g/mol. The Kier molecular flexibility index (Phi) is 6.08. The molecule has 1 fully saturated rings. The third-order valence-electron chi connectivity index (χ3n) is 4.98. The number of amides is 1. The van der Waals surface area contributed by atoms with E-state index in [0.29, 0.717) is 18.2 Å². The third-order valence-corrected chi connectivity index (χ3v) is 4.98. The van der Waals surface area contributed by atoms with Crippen molar-refractivity contribution in [3.8, 4) is 0 Å². The first-order valence-electron chi connectivity index (χ1n) is 10.1. The summed E-state index contributed by atoms with van der Waals surface area (Å²) in [5.41, 5.74) is 1.75. The number of carbonyl (C=O) groups excluding carboxylic acids is 1. The van der Waals surface area contributed by atoms with Crippen LogP contribution >= 0.6 is 0 Å². The fourth-order valence-corrected chi connectivity index (χ4v) is 3.57. The molecule has 3 aromatic rings. The molecule has 7 heteroatoms. The zero-order valence-corrected chi connectivity index (χ0v) is 16.9. The minimum Gasteiger partial charge on any atom is -0.329 e. The average molecular weight is 400 g/mol. The van der Waals surface area contributed by atoms with E-state index in [9.17, 15) is 4.79 Å². The molecule has 0 unspecified atom stereocenters. The zero-order chi connectivity index (χ0) is 20.8. The summed E-state index contributed by atoms with van der Waals surface area (Å²) in [6, 6.07) is 11.2. The minimum atomic E-state index is -0.144. The summed E-state index contributed by atoms with van der Waals surface area (Å²) >= 11 is 0. The lowest BCUT2D eigenvalue weighted by atomic mass is 10.0. The number of anilines is 2. The molecule has 152 valence electrons. The summed E-state index contributed by atoms with van der Waals surface area (Å²) in [6.07, 6.45) is 11.5. The van der Waals surface area contributed by atoms with Gasteiger partial charge in [0.2, 0.25) is 5.91 Å². The monoisotopic (exact) mass is 400 g/mol. The summed E-state index contributed by atoms with van der Waals surface area (Å²) in [5.74, 6) is 2.03. The molecule has 0 radical (unpaired) electrons. The quantitative estimate of drug-likeness (QED) is 0.650. The van der Waals surface area contributed by atoms with Gasteiger partial charge in [0.15, 0.2) is 5.82 Å². The number of aryl methyl sites for hydroxylation is 1. The molecule has 1 amide bonds. The number of carbonyl (C=O) groups is 1. The first kappa shape index (κ1) is 19.7. The van der Waals surface area contributed by atoms with Crippen LogP contribution in [0.15, 0.2) is 61.1 Å². The smallest absolute Gasteiger partial charge is 0.247 e. The highest BCUT2D eigenvalue weighted by molar-refractivity contribution is 5.92. The Balaban J connectivity index is 1.56. The summed E-state index contributed by atoms with van der Waals surface area (Å²) in [5, 5.41) is 3.23. The molecular formula is C23H24N6O. The summed E-state index contributed by atoms with van der Waals surface area (Å²) in [7, 11) is 0. The first-order chi connectivity index (χ1) is 14.7. The molecule has 1 N–H and O–H groups in total. The molecule has 4 rings (SSSR count). The number of likely N-dealkylation sites (tertiary alicyclic amines) is 1. The van der Waals surface area contributed by atoms with Crippen molar-refractivity contribution < 1.29 is 4.79 Å². The van der Waals surface area contributed by atoms with Gasteiger partial charge >= 0.3 is 0 Å². The van der Waals surface area contributed by atoms with E-state index in [4.69, 9.17) is 4.98 Å². The second-order valence-corrected chi connectivity index (χ2v) is 7.26. The molecule has 1 aliphatic rings. The van der Waals surface area contributed by atoms with Crippen LogP contribution in [0.4, 0.5) is 11.6 Å². The van der Waals surface area contributed by atoms with Crippen LogP contribution in [0.2, 0.25) is 0 Å². The second-order valence-electron chi connectivity index (χ2n) is 7.26. The molecule has 0 spiro atoms. The van der Waals surface area contributed by atoms with Gasteiger partial charge in [-0.15, -0.1) is 0 Å². The van der Waals surface area contributed by atoms with Crippen molar-refractivity contribution in [1.29, 1.82) is 0 Å². The maximum Gasteiger partial charge on any atom is 0.247 e. The Labute approximate surface area is 175 Å². The lowest BCUT2D eigenvalue weighted by molar-refractivity contribution is -0.129. The Hall–Kier alpha value is -3.61. The van der Waals surface area contributed by atoms with Crippen LogP contribution in [0.25, 0.3) is 6.08 Å². The Morgan fingerprint density at radius 1 is 1.13 bits per heavy atom. The molecule has 0 aromatic carbocycles. The normalized spacial score (nSPS) is 16.6. The predicted molar refractivity (Wildman–Crippen MR) is 116 cm³/mol. The number of rotatable bonds is 5. The van der Waals surface area contributed by atoms with Gasteiger partial charge in [-0.05, 0) is 56.0 Å². The lowest BCUT2D eigenvalue weighted by Crippen LogP contribution is -2.38. The number of nitrogens with one attached hydrogen (secondary N) is 1. The van der Waals surface area contributed by atoms with Crippen LogP contribution in [0, 0.1) is 6.92 Å². The predicted octanol–water partition coefficient (Wildman–Crippen LogP) is 4.09. The van der Waals surface area contributed by atoms with Crippen molar-refractivity contribution in [2.75, 3.05) is 11.9 Å². The molecule has 1 aliphatic heterocycles. The van der Waals surface area contributed by atoms with Crippen molar-refractivity contribution >= 4 is 23.6 Å². The van der Waals surface area contributed by atoms with Crippen LogP contribution in [0.5, 0.6) is 0 Å². The molecule has 1 saturated heterocycles. The highest BCUT2D eigenvalue weighted by Crippen LogP contribution is 2.30. The van der Waals surface area contributed by atoms with Crippen LogP contribution in [-0.4, -0.2) is 37.3 Å². The maximum atomic E-state index is 13.0. The largest absolute Gasteiger partial charge is 0.329 e. The van der Waals surface area contributed by atoms with Crippen LogP contribution in [0.3, 0.4) is 0 Å². The second kappa shape index (κ2) is 9.26. The van der Waals surface area contributed by atoms with Gasteiger partial charge in [0.05, 0.1) is 6.04 Å². The van der Waals surface area contributed by atoms with Gasteiger partial charge in [0.25, 0.3) is 0 Å². The van der Waals surface area contributed by atoms with Crippen molar-refractivity contribution in [3.63, 3.8) is 0 Å². The molecule has 3 aromatic heterocycles. The van der Waals surface area contributed by atoms with Gasteiger partial charge in [-0.25, -0.2) is 15.0 Å². The molecule has 0 saturated carbocycles. The first-order valence-corrected chi connectivity index (χ1v) is 10.1. The number of aromatic nitrogens is 4. The van der Waals surface area contributed by atoms with E-state index in [1.165, 1.54) is 0 Å². The molecule has 30 heavy (non-hydrogen) atoms. The van der Waals surface area contributed by atoms with Crippen molar-refractivity contribution in [3.05, 3.63) is 78.1 Å². The third kappa shape index (κ3) is 4.86. The van der Waals surface area contributed by atoms with E-state index in [2.05, 4.69) is 20.3 Å². The number of piperidine rings is 1. The van der Waals surface area contributed by atoms with E-state index in [-0.39, 0.29) is 11.9 Å². The fourth-order valence-electron chi connectivity index (χ4n) is 3.57. The Morgan fingerprint density at radius 2 is 2.07 bits per heavy atom. The van der Waals surface area contributed by atoms with E-state index >= 15 is 0 Å². The van der Waals surface area contributed by atoms with Gasteiger partial charge in [-0.2, -0.15) is 0 Å². The number of pyridine rings is 2. The summed E-state index contributed by atoms with van der Waals surface area (Å²) < 4.78 is 0. The zero-order valence-electron chi connectivity index (χ0n) is 16.9. The van der Waals surface area contributed by atoms with Crippen LogP contribution in [0.1, 0.15) is 42.4 Å². The molecule has 0 aliphatic carbocycles. The van der Waals surface area contributed by atoms with Gasteiger partial charge in [-0.3, -0.25) is 9.78 Å². The molecule has 0 bridgehead atoms. The molecule has 1 atom stereocenters. The van der Waals surface area contributed by atoms with E-state index in [0.717, 1.165) is 36.3 Å². The average Bonchev–Trinajstić information content (AvgIpc) is 2.78. The molecule has 7 nitrogen and oxygen atoms in total. The Bertz CT molecular complexity index is 1020. The SMILES string of the molecule is Cc1cc(Nc2ccccn2)nc([C@H]2CCCCN2C(=O)/C=C/c2cccnc2)n1. The highest BCUT2D eigenvalue weighted by Gasteiger charge is 2.29. The van der Waals surface area contributed by atoms with Gasteiger partial charge in [0.1, 0.15) is 11.6 Å².